The number of nitrogens with zero attached hydrogens (tertiary/aromatic N) is 1. The monoisotopic (exact) mass is 204 g/mol. The van der Waals surface area contributed by atoms with E-state index in [4.69, 9.17) is 0 Å². The van der Waals surface area contributed by atoms with Crippen molar-refractivity contribution in [1.82, 2.24) is 9.03 Å². The second-order valence-electron chi connectivity index (χ2n) is 3.80. The second kappa shape index (κ2) is 3.55. The minimum Gasteiger partial charge on any atom is -0.201 e. The Hall–Kier alpha value is -0.130. The van der Waals surface area contributed by atoms with E-state index in [0.717, 1.165) is 12.8 Å². The average molecular weight is 204 g/mol. The lowest BCUT2D eigenvalue weighted by Gasteiger charge is -2.28. The molecule has 0 atom stereocenters. The molecule has 1 saturated carbocycles. The summed E-state index contributed by atoms with van der Waals surface area (Å²) in [5.41, 5.74) is 0. The highest BCUT2D eigenvalue weighted by Gasteiger charge is 2.34. The molecule has 13 heavy (non-hydrogen) atoms. The van der Waals surface area contributed by atoms with Crippen molar-refractivity contribution in [2.75, 3.05) is 13.1 Å². The topological polar surface area (TPSA) is 49.4 Å². The summed E-state index contributed by atoms with van der Waals surface area (Å²) in [6, 6.07) is 0.272. The van der Waals surface area contributed by atoms with Crippen molar-refractivity contribution >= 4 is 10.2 Å². The fraction of sp³-hybridized carbons (Fsp3) is 1.00. The highest BCUT2D eigenvalue weighted by molar-refractivity contribution is 7.87. The van der Waals surface area contributed by atoms with Crippen LogP contribution in [0, 0.1) is 0 Å². The molecule has 2 aliphatic rings. The van der Waals surface area contributed by atoms with E-state index in [1.165, 1.54) is 19.3 Å². The Morgan fingerprint density at radius 1 is 1.15 bits per heavy atom. The molecule has 4 nitrogen and oxygen atoms in total. The average Bonchev–Trinajstić information content (AvgIpc) is 2.47. The first-order valence-corrected chi connectivity index (χ1v) is 6.40. The molecule has 76 valence electrons. The van der Waals surface area contributed by atoms with Crippen LogP contribution in [0.4, 0.5) is 0 Å². The van der Waals surface area contributed by atoms with Crippen molar-refractivity contribution < 1.29 is 8.42 Å². The smallest absolute Gasteiger partial charge is 0.201 e. The summed E-state index contributed by atoms with van der Waals surface area (Å²) < 4.78 is 27.1. The van der Waals surface area contributed by atoms with Crippen LogP contribution in [0.15, 0.2) is 0 Å². The van der Waals surface area contributed by atoms with Gasteiger partial charge in [-0.2, -0.15) is 12.7 Å². The molecule has 1 aliphatic carbocycles. The Kier molecular flexibility index (Phi) is 2.58. The van der Waals surface area contributed by atoms with Gasteiger partial charge in [-0.3, -0.25) is 0 Å². The summed E-state index contributed by atoms with van der Waals surface area (Å²) in [5.74, 6) is 0. The second-order valence-corrected chi connectivity index (χ2v) is 5.51. The van der Waals surface area contributed by atoms with Crippen molar-refractivity contribution in [1.29, 1.82) is 0 Å². The van der Waals surface area contributed by atoms with Crippen molar-refractivity contribution in [2.24, 2.45) is 0 Å². The zero-order valence-corrected chi connectivity index (χ0v) is 8.52. The van der Waals surface area contributed by atoms with Crippen LogP contribution in [-0.2, 0) is 10.2 Å². The van der Waals surface area contributed by atoms with E-state index in [2.05, 4.69) is 4.72 Å². The Morgan fingerprint density at radius 2 is 1.85 bits per heavy atom. The lowest BCUT2D eigenvalue weighted by atomic mass is 9.95. The molecule has 0 aromatic carbocycles. The van der Waals surface area contributed by atoms with Gasteiger partial charge >= 0.3 is 0 Å². The predicted octanol–water partition coefficient (Wildman–Crippen LogP) is 0.469. The van der Waals surface area contributed by atoms with Gasteiger partial charge in [0.1, 0.15) is 0 Å². The van der Waals surface area contributed by atoms with Crippen molar-refractivity contribution in [3.05, 3.63) is 0 Å². The van der Waals surface area contributed by atoms with Gasteiger partial charge < -0.3 is 0 Å². The number of hydrogen-bond donors (Lipinski definition) is 1. The normalized spacial score (nSPS) is 30.8. The van der Waals surface area contributed by atoms with E-state index in [1.54, 1.807) is 4.31 Å². The van der Waals surface area contributed by atoms with Gasteiger partial charge in [0.15, 0.2) is 0 Å². The molecule has 0 amide bonds. The van der Waals surface area contributed by atoms with E-state index in [9.17, 15) is 8.42 Å². The third-order valence-corrected chi connectivity index (χ3v) is 4.57. The van der Waals surface area contributed by atoms with Crippen LogP contribution in [0.25, 0.3) is 0 Å². The molecular formula is C8H16N2O2S. The third kappa shape index (κ3) is 1.87. The first-order chi connectivity index (χ1) is 6.20. The molecule has 0 aromatic heterocycles. The van der Waals surface area contributed by atoms with Crippen LogP contribution < -0.4 is 4.72 Å². The zero-order chi connectivity index (χ0) is 9.31. The summed E-state index contributed by atoms with van der Waals surface area (Å²) in [6.45, 7) is 1.24. The van der Waals surface area contributed by atoms with Crippen molar-refractivity contribution in [2.45, 2.75) is 38.1 Å². The van der Waals surface area contributed by atoms with Crippen LogP contribution in [0.2, 0.25) is 0 Å². The number of nitrogens with one attached hydrogen (secondary N) is 1. The molecule has 1 heterocycles. The minimum atomic E-state index is -3.10. The lowest BCUT2D eigenvalue weighted by Crippen LogP contribution is -2.39. The van der Waals surface area contributed by atoms with E-state index in [1.807, 2.05) is 0 Å². The maximum absolute atomic E-state index is 11.5. The summed E-state index contributed by atoms with van der Waals surface area (Å²) in [4.78, 5) is 0. The number of hydrogen-bond acceptors (Lipinski definition) is 2. The number of rotatable bonds is 1. The van der Waals surface area contributed by atoms with E-state index in [0.29, 0.717) is 13.1 Å². The molecule has 5 heteroatoms. The molecule has 2 fully saturated rings. The molecule has 0 unspecified atom stereocenters. The summed E-state index contributed by atoms with van der Waals surface area (Å²) in [6.07, 6.45) is 5.70. The molecule has 1 N–H and O–H groups in total. The fourth-order valence-electron chi connectivity index (χ4n) is 2.24. The predicted molar refractivity (Wildman–Crippen MR) is 50.5 cm³/mol. The highest BCUT2D eigenvalue weighted by atomic mass is 32.2. The molecule has 0 radical (unpaired) electrons. The summed E-state index contributed by atoms with van der Waals surface area (Å²) in [5, 5.41) is 0. The van der Waals surface area contributed by atoms with Crippen molar-refractivity contribution in [3.63, 3.8) is 0 Å². The van der Waals surface area contributed by atoms with Gasteiger partial charge in [-0.1, -0.05) is 19.3 Å². The lowest BCUT2D eigenvalue weighted by molar-refractivity contribution is 0.270. The van der Waals surface area contributed by atoms with Gasteiger partial charge in [0.2, 0.25) is 0 Å². The highest BCUT2D eigenvalue weighted by Crippen LogP contribution is 2.25. The summed E-state index contributed by atoms with van der Waals surface area (Å²) >= 11 is 0. The van der Waals surface area contributed by atoms with Crippen LogP contribution in [0.3, 0.4) is 0 Å². The Labute approximate surface area is 79.5 Å². The van der Waals surface area contributed by atoms with Gasteiger partial charge in [-0.25, -0.2) is 4.72 Å². The fourth-order valence-corrected chi connectivity index (χ4v) is 3.69. The van der Waals surface area contributed by atoms with Gasteiger partial charge in [-0.05, 0) is 12.8 Å². The molecular weight excluding hydrogens is 188 g/mol. The molecule has 1 aliphatic heterocycles. The third-order valence-electron chi connectivity index (χ3n) is 2.91. The Bertz CT molecular complexity index is 270. The standard InChI is InChI=1S/C8H16N2O2S/c11-13(12)9-6-7-10(13)8-4-2-1-3-5-8/h8-9H,1-7H2. The quantitative estimate of drug-likeness (QED) is 0.675. The zero-order valence-electron chi connectivity index (χ0n) is 7.70. The van der Waals surface area contributed by atoms with Crippen LogP contribution in [0.1, 0.15) is 32.1 Å². The first kappa shape index (κ1) is 9.43. The van der Waals surface area contributed by atoms with Crippen LogP contribution >= 0.6 is 0 Å². The van der Waals surface area contributed by atoms with Crippen LogP contribution in [0.5, 0.6) is 0 Å². The van der Waals surface area contributed by atoms with Gasteiger partial charge in [0, 0.05) is 19.1 Å². The van der Waals surface area contributed by atoms with Crippen LogP contribution in [-0.4, -0.2) is 31.9 Å². The minimum absolute atomic E-state index is 0.272. The first-order valence-electron chi connectivity index (χ1n) is 4.96. The van der Waals surface area contributed by atoms with E-state index in [-0.39, 0.29) is 6.04 Å². The Morgan fingerprint density at radius 3 is 2.38 bits per heavy atom. The SMILES string of the molecule is O=S1(=O)NCCN1C1CCCCC1. The van der Waals surface area contributed by atoms with Gasteiger partial charge in [0.25, 0.3) is 10.2 Å². The maximum atomic E-state index is 11.5. The van der Waals surface area contributed by atoms with Gasteiger partial charge in [-0.15, -0.1) is 0 Å². The molecule has 0 spiro atoms. The molecule has 0 bridgehead atoms. The van der Waals surface area contributed by atoms with E-state index < -0.39 is 10.2 Å². The van der Waals surface area contributed by atoms with E-state index >= 15 is 0 Å². The van der Waals surface area contributed by atoms with Crippen molar-refractivity contribution in [3.8, 4) is 0 Å². The Balaban J connectivity index is 2.07. The molecule has 1 saturated heterocycles. The molecule has 2 rings (SSSR count). The summed E-state index contributed by atoms with van der Waals surface area (Å²) in [7, 11) is -3.10. The molecule has 0 aromatic rings. The van der Waals surface area contributed by atoms with Gasteiger partial charge in [0.05, 0.1) is 0 Å². The largest absolute Gasteiger partial charge is 0.279 e. The maximum Gasteiger partial charge on any atom is 0.279 e.